The molecule has 0 amide bonds. The van der Waals surface area contributed by atoms with Crippen molar-refractivity contribution in [1.82, 2.24) is 0 Å². The SMILES string of the molecule is O=C/C=C/c1ccc(F)cc1F. The molecule has 0 bridgehead atoms. The first-order valence-corrected chi connectivity index (χ1v) is 3.31. The Balaban J connectivity index is 3.01. The molecule has 1 aromatic rings. The van der Waals surface area contributed by atoms with Crippen LogP contribution in [0.3, 0.4) is 0 Å². The summed E-state index contributed by atoms with van der Waals surface area (Å²) in [6.07, 6.45) is 2.96. The molecule has 0 heterocycles. The van der Waals surface area contributed by atoms with Crippen LogP contribution >= 0.6 is 0 Å². The summed E-state index contributed by atoms with van der Waals surface area (Å²) in [4.78, 5) is 9.87. The molecule has 1 rings (SSSR count). The van der Waals surface area contributed by atoms with E-state index >= 15 is 0 Å². The summed E-state index contributed by atoms with van der Waals surface area (Å²) < 4.78 is 25.1. The second-order valence-electron chi connectivity index (χ2n) is 2.16. The van der Waals surface area contributed by atoms with Crippen molar-refractivity contribution in [1.29, 1.82) is 0 Å². The minimum Gasteiger partial charge on any atom is -0.299 e. The van der Waals surface area contributed by atoms with Crippen LogP contribution in [0.2, 0.25) is 0 Å². The van der Waals surface area contributed by atoms with Crippen molar-refractivity contribution in [2.24, 2.45) is 0 Å². The van der Waals surface area contributed by atoms with Gasteiger partial charge in [0.15, 0.2) is 0 Å². The van der Waals surface area contributed by atoms with Crippen LogP contribution in [0.1, 0.15) is 5.56 Å². The molecule has 62 valence electrons. The van der Waals surface area contributed by atoms with Crippen LogP contribution in [-0.4, -0.2) is 6.29 Å². The largest absolute Gasteiger partial charge is 0.299 e. The molecule has 0 unspecified atom stereocenters. The third kappa shape index (κ3) is 1.99. The maximum Gasteiger partial charge on any atom is 0.142 e. The summed E-state index contributed by atoms with van der Waals surface area (Å²) >= 11 is 0. The number of benzene rings is 1. The van der Waals surface area contributed by atoms with Crippen molar-refractivity contribution in [2.75, 3.05) is 0 Å². The normalized spacial score (nSPS) is 10.5. The van der Waals surface area contributed by atoms with Crippen molar-refractivity contribution in [3.05, 3.63) is 41.5 Å². The number of halogens is 2. The molecular weight excluding hydrogens is 162 g/mol. The molecule has 0 aliphatic rings. The Kier molecular flexibility index (Phi) is 2.69. The van der Waals surface area contributed by atoms with E-state index in [1.807, 2.05) is 0 Å². The predicted molar refractivity (Wildman–Crippen MR) is 41.5 cm³/mol. The van der Waals surface area contributed by atoms with E-state index in [-0.39, 0.29) is 5.56 Å². The quantitative estimate of drug-likeness (QED) is 0.488. The summed E-state index contributed by atoms with van der Waals surface area (Å²) in [6.45, 7) is 0. The number of carbonyl (C=O) groups excluding carboxylic acids is 1. The van der Waals surface area contributed by atoms with E-state index in [2.05, 4.69) is 0 Å². The molecule has 0 aromatic heterocycles. The fraction of sp³-hybridized carbons (Fsp3) is 0. The topological polar surface area (TPSA) is 17.1 Å². The van der Waals surface area contributed by atoms with Gasteiger partial charge in [0.05, 0.1) is 0 Å². The van der Waals surface area contributed by atoms with E-state index in [4.69, 9.17) is 0 Å². The fourth-order valence-corrected chi connectivity index (χ4v) is 0.780. The first kappa shape index (κ1) is 8.59. The van der Waals surface area contributed by atoms with E-state index in [1.54, 1.807) is 0 Å². The minimum absolute atomic E-state index is 0.198. The number of aldehydes is 1. The number of carbonyl (C=O) groups is 1. The highest BCUT2D eigenvalue weighted by molar-refractivity contribution is 5.73. The smallest absolute Gasteiger partial charge is 0.142 e. The Morgan fingerprint density at radius 3 is 2.58 bits per heavy atom. The van der Waals surface area contributed by atoms with Gasteiger partial charge in [0.2, 0.25) is 0 Å². The average molecular weight is 168 g/mol. The molecule has 0 radical (unpaired) electrons. The Morgan fingerprint density at radius 2 is 2.00 bits per heavy atom. The lowest BCUT2D eigenvalue weighted by atomic mass is 10.2. The van der Waals surface area contributed by atoms with Crippen molar-refractivity contribution < 1.29 is 13.6 Å². The lowest BCUT2D eigenvalue weighted by Gasteiger charge is -1.94. The maximum absolute atomic E-state index is 12.8. The monoisotopic (exact) mass is 168 g/mol. The summed E-state index contributed by atoms with van der Waals surface area (Å²) in [5.41, 5.74) is 0.198. The van der Waals surface area contributed by atoms with Gasteiger partial charge in [0.1, 0.15) is 17.9 Å². The van der Waals surface area contributed by atoms with E-state index in [0.717, 1.165) is 18.2 Å². The standard InChI is InChI=1S/C9H6F2O/c10-8-4-3-7(2-1-5-12)9(11)6-8/h1-6H/b2-1+. The van der Waals surface area contributed by atoms with Crippen LogP contribution in [0, 0.1) is 11.6 Å². The second kappa shape index (κ2) is 3.76. The van der Waals surface area contributed by atoms with Crippen LogP contribution in [0.4, 0.5) is 8.78 Å². The summed E-state index contributed by atoms with van der Waals surface area (Å²) in [5.74, 6) is -1.30. The van der Waals surface area contributed by atoms with Gasteiger partial charge in [0.25, 0.3) is 0 Å². The fourth-order valence-electron chi connectivity index (χ4n) is 0.780. The Labute approximate surface area is 68.3 Å². The zero-order chi connectivity index (χ0) is 8.97. The van der Waals surface area contributed by atoms with Crippen LogP contribution < -0.4 is 0 Å². The van der Waals surface area contributed by atoms with Gasteiger partial charge in [0, 0.05) is 11.6 Å². The van der Waals surface area contributed by atoms with Crippen LogP contribution in [0.15, 0.2) is 24.3 Å². The summed E-state index contributed by atoms with van der Waals surface area (Å²) in [7, 11) is 0. The Morgan fingerprint density at radius 1 is 1.25 bits per heavy atom. The number of hydrogen-bond donors (Lipinski definition) is 0. The molecule has 0 saturated heterocycles. The zero-order valence-electron chi connectivity index (χ0n) is 6.13. The molecule has 0 fully saturated rings. The molecule has 3 heteroatoms. The summed E-state index contributed by atoms with van der Waals surface area (Å²) in [5, 5.41) is 0. The van der Waals surface area contributed by atoms with E-state index in [0.29, 0.717) is 6.29 Å². The van der Waals surface area contributed by atoms with Gasteiger partial charge in [-0.15, -0.1) is 0 Å². The van der Waals surface area contributed by atoms with Crippen LogP contribution in [-0.2, 0) is 4.79 Å². The number of rotatable bonds is 2. The number of hydrogen-bond acceptors (Lipinski definition) is 1. The lowest BCUT2D eigenvalue weighted by molar-refractivity contribution is -0.104. The van der Waals surface area contributed by atoms with Gasteiger partial charge < -0.3 is 0 Å². The predicted octanol–water partition coefficient (Wildman–Crippen LogP) is 2.18. The van der Waals surface area contributed by atoms with E-state index < -0.39 is 11.6 Å². The minimum atomic E-state index is -0.673. The van der Waals surface area contributed by atoms with Gasteiger partial charge in [-0.1, -0.05) is 0 Å². The molecule has 0 spiro atoms. The molecular formula is C9H6F2O. The Bertz CT molecular complexity index is 318. The van der Waals surface area contributed by atoms with E-state index in [1.165, 1.54) is 12.1 Å². The lowest BCUT2D eigenvalue weighted by Crippen LogP contribution is -1.83. The van der Waals surface area contributed by atoms with Gasteiger partial charge in [-0.3, -0.25) is 4.79 Å². The van der Waals surface area contributed by atoms with Crippen molar-refractivity contribution in [2.45, 2.75) is 0 Å². The number of allylic oxidation sites excluding steroid dienone is 1. The van der Waals surface area contributed by atoms with Crippen molar-refractivity contribution in [3.63, 3.8) is 0 Å². The second-order valence-corrected chi connectivity index (χ2v) is 2.16. The van der Waals surface area contributed by atoms with Crippen molar-refractivity contribution >= 4 is 12.4 Å². The van der Waals surface area contributed by atoms with Crippen LogP contribution in [0.5, 0.6) is 0 Å². The first-order chi connectivity index (χ1) is 5.74. The van der Waals surface area contributed by atoms with Crippen LogP contribution in [0.25, 0.3) is 6.08 Å². The van der Waals surface area contributed by atoms with Gasteiger partial charge in [-0.2, -0.15) is 0 Å². The highest BCUT2D eigenvalue weighted by atomic mass is 19.1. The average Bonchev–Trinajstić information content (AvgIpc) is 2.03. The third-order valence-corrected chi connectivity index (χ3v) is 1.32. The third-order valence-electron chi connectivity index (χ3n) is 1.32. The molecule has 1 aromatic carbocycles. The Hall–Kier alpha value is -1.51. The first-order valence-electron chi connectivity index (χ1n) is 3.31. The molecule has 12 heavy (non-hydrogen) atoms. The van der Waals surface area contributed by atoms with E-state index in [9.17, 15) is 13.6 Å². The highest BCUT2D eigenvalue weighted by Crippen LogP contribution is 2.10. The highest BCUT2D eigenvalue weighted by Gasteiger charge is 1.98. The van der Waals surface area contributed by atoms with Gasteiger partial charge >= 0.3 is 0 Å². The molecule has 0 aliphatic carbocycles. The molecule has 0 N–H and O–H groups in total. The maximum atomic E-state index is 12.8. The van der Waals surface area contributed by atoms with Crippen molar-refractivity contribution in [3.8, 4) is 0 Å². The molecule has 0 saturated carbocycles. The molecule has 1 nitrogen and oxygen atoms in total. The van der Waals surface area contributed by atoms with Gasteiger partial charge in [-0.05, 0) is 24.3 Å². The molecule has 0 atom stereocenters. The summed E-state index contributed by atoms with van der Waals surface area (Å²) in [6, 6.07) is 3.17. The zero-order valence-corrected chi connectivity index (χ0v) is 6.13. The molecule has 0 aliphatic heterocycles. The van der Waals surface area contributed by atoms with Gasteiger partial charge in [-0.25, -0.2) is 8.78 Å².